The second kappa shape index (κ2) is 8.01. The van der Waals surface area contributed by atoms with Gasteiger partial charge >= 0.3 is 0 Å². The monoisotopic (exact) mass is 230 g/mol. The smallest absolute Gasteiger partial charge is 0.169 e. The SMILES string of the molecule is COC(CNCC(C)N1CCCCC1)OC. The van der Waals surface area contributed by atoms with Crippen molar-refractivity contribution in [1.29, 1.82) is 0 Å². The minimum absolute atomic E-state index is 0.131. The van der Waals surface area contributed by atoms with Gasteiger partial charge in [-0.1, -0.05) is 6.42 Å². The standard InChI is InChI=1S/C12H26N2O2/c1-11(14-7-5-4-6-8-14)9-13-10-12(15-2)16-3/h11-13H,4-10H2,1-3H3. The highest BCUT2D eigenvalue weighted by atomic mass is 16.7. The number of likely N-dealkylation sites (tertiary alicyclic amines) is 1. The van der Waals surface area contributed by atoms with Gasteiger partial charge in [-0.05, 0) is 32.9 Å². The maximum atomic E-state index is 5.13. The molecule has 1 aliphatic rings. The second-order valence-electron chi connectivity index (χ2n) is 4.50. The van der Waals surface area contributed by atoms with Crippen molar-refractivity contribution in [2.75, 3.05) is 40.4 Å². The zero-order valence-corrected chi connectivity index (χ0v) is 10.9. The number of ether oxygens (including phenoxy) is 2. The number of hydrogen-bond donors (Lipinski definition) is 1. The fraction of sp³-hybridized carbons (Fsp3) is 1.00. The van der Waals surface area contributed by atoms with Gasteiger partial charge in [-0.15, -0.1) is 0 Å². The second-order valence-corrected chi connectivity index (χ2v) is 4.50. The fourth-order valence-corrected chi connectivity index (χ4v) is 2.16. The lowest BCUT2D eigenvalue weighted by Gasteiger charge is -2.32. The minimum atomic E-state index is -0.131. The number of methoxy groups -OCH3 is 2. The summed E-state index contributed by atoms with van der Waals surface area (Å²) in [6.07, 6.45) is 3.96. The lowest BCUT2D eigenvalue weighted by Crippen LogP contribution is -2.44. The zero-order chi connectivity index (χ0) is 11.8. The van der Waals surface area contributed by atoms with Crippen LogP contribution >= 0.6 is 0 Å². The van der Waals surface area contributed by atoms with Crippen LogP contribution in [0.5, 0.6) is 0 Å². The predicted octanol–water partition coefficient (Wildman–Crippen LogP) is 1.07. The van der Waals surface area contributed by atoms with E-state index in [1.54, 1.807) is 14.2 Å². The Hall–Kier alpha value is -0.160. The first-order valence-corrected chi connectivity index (χ1v) is 6.28. The molecule has 1 fully saturated rings. The van der Waals surface area contributed by atoms with E-state index in [0.717, 1.165) is 13.1 Å². The molecule has 0 bridgehead atoms. The van der Waals surface area contributed by atoms with Gasteiger partial charge in [-0.3, -0.25) is 4.90 Å². The van der Waals surface area contributed by atoms with Crippen molar-refractivity contribution in [3.8, 4) is 0 Å². The van der Waals surface area contributed by atoms with Gasteiger partial charge in [0.25, 0.3) is 0 Å². The highest BCUT2D eigenvalue weighted by Gasteiger charge is 2.16. The molecule has 4 heteroatoms. The van der Waals surface area contributed by atoms with E-state index in [1.165, 1.54) is 32.4 Å². The maximum absolute atomic E-state index is 5.13. The number of nitrogens with one attached hydrogen (secondary N) is 1. The van der Waals surface area contributed by atoms with Crippen LogP contribution in [0.15, 0.2) is 0 Å². The number of rotatable bonds is 7. The van der Waals surface area contributed by atoms with Crippen molar-refractivity contribution >= 4 is 0 Å². The van der Waals surface area contributed by atoms with Crippen LogP contribution in [0.2, 0.25) is 0 Å². The quantitative estimate of drug-likeness (QED) is 0.663. The molecule has 16 heavy (non-hydrogen) atoms. The minimum Gasteiger partial charge on any atom is -0.355 e. The Morgan fingerprint density at radius 1 is 1.06 bits per heavy atom. The zero-order valence-electron chi connectivity index (χ0n) is 10.9. The van der Waals surface area contributed by atoms with Gasteiger partial charge in [0.1, 0.15) is 0 Å². The Morgan fingerprint density at radius 2 is 1.69 bits per heavy atom. The first kappa shape index (κ1) is 13.9. The van der Waals surface area contributed by atoms with Gasteiger partial charge in [0.05, 0.1) is 0 Å². The molecule has 0 amide bonds. The summed E-state index contributed by atoms with van der Waals surface area (Å²) >= 11 is 0. The molecule has 1 aliphatic heterocycles. The van der Waals surface area contributed by atoms with Gasteiger partial charge in [0.15, 0.2) is 6.29 Å². The van der Waals surface area contributed by atoms with Crippen molar-refractivity contribution in [3.63, 3.8) is 0 Å². The fourth-order valence-electron chi connectivity index (χ4n) is 2.16. The average molecular weight is 230 g/mol. The molecule has 1 saturated heterocycles. The van der Waals surface area contributed by atoms with E-state index in [0.29, 0.717) is 6.04 Å². The molecule has 1 heterocycles. The van der Waals surface area contributed by atoms with E-state index in [9.17, 15) is 0 Å². The molecule has 1 rings (SSSR count). The lowest BCUT2D eigenvalue weighted by atomic mass is 10.1. The van der Waals surface area contributed by atoms with Gasteiger partial charge < -0.3 is 14.8 Å². The van der Waals surface area contributed by atoms with Crippen molar-refractivity contribution in [1.82, 2.24) is 10.2 Å². The molecule has 0 saturated carbocycles. The average Bonchev–Trinajstić information content (AvgIpc) is 2.35. The summed E-state index contributed by atoms with van der Waals surface area (Å²) in [6, 6.07) is 0.606. The van der Waals surface area contributed by atoms with Crippen LogP contribution in [0.3, 0.4) is 0 Å². The molecule has 0 aromatic rings. The molecule has 1 N–H and O–H groups in total. The first-order valence-electron chi connectivity index (χ1n) is 6.28. The van der Waals surface area contributed by atoms with E-state index in [1.807, 2.05) is 0 Å². The molecule has 0 aromatic carbocycles. The van der Waals surface area contributed by atoms with Crippen LogP contribution in [0, 0.1) is 0 Å². The van der Waals surface area contributed by atoms with E-state index < -0.39 is 0 Å². The van der Waals surface area contributed by atoms with Crippen LogP contribution in [0.1, 0.15) is 26.2 Å². The highest BCUT2D eigenvalue weighted by molar-refractivity contribution is 4.73. The third kappa shape index (κ3) is 4.78. The molecule has 96 valence electrons. The van der Waals surface area contributed by atoms with Crippen molar-refractivity contribution < 1.29 is 9.47 Å². The number of piperidine rings is 1. The van der Waals surface area contributed by atoms with Crippen LogP contribution in [0.4, 0.5) is 0 Å². The topological polar surface area (TPSA) is 33.7 Å². The lowest BCUT2D eigenvalue weighted by molar-refractivity contribution is -0.0991. The molecule has 1 unspecified atom stereocenters. The molecule has 1 atom stereocenters. The molecule has 0 spiro atoms. The summed E-state index contributed by atoms with van der Waals surface area (Å²) in [4.78, 5) is 2.56. The Bertz CT molecular complexity index is 168. The Balaban J connectivity index is 2.11. The Kier molecular flexibility index (Phi) is 6.96. The molecular weight excluding hydrogens is 204 g/mol. The maximum Gasteiger partial charge on any atom is 0.169 e. The van der Waals surface area contributed by atoms with E-state index in [4.69, 9.17) is 9.47 Å². The molecule has 0 aliphatic carbocycles. The van der Waals surface area contributed by atoms with Crippen molar-refractivity contribution in [2.45, 2.75) is 38.5 Å². The van der Waals surface area contributed by atoms with E-state index in [-0.39, 0.29) is 6.29 Å². The number of nitrogens with zero attached hydrogens (tertiary/aromatic N) is 1. The molecular formula is C12H26N2O2. The summed E-state index contributed by atoms with van der Waals surface area (Å²) in [7, 11) is 3.34. The molecule has 0 aromatic heterocycles. The van der Waals surface area contributed by atoms with Crippen LogP contribution in [0.25, 0.3) is 0 Å². The first-order chi connectivity index (χ1) is 7.77. The van der Waals surface area contributed by atoms with Crippen molar-refractivity contribution in [3.05, 3.63) is 0 Å². The summed E-state index contributed by atoms with van der Waals surface area (Å²) in [5.74, 6) is 0. The predicted molar refractivity (Wildman–Crippen MR) is 65.6 cm³/mol. The summed E-state index contributed by atoms with van der Waals surface area (Å²) in [6.45, 7) is 6.54. The third-order valence-electron chi connectivity index (χ3n) is 3.29. The Labute approximate surface area is 99.3 Å². The van der Waals surface area contributed by atoms with Crippen LogP contribution < -0.4 is 5.32 Å². The Morgan fingerprint density at radius 3 is 2.25 bits per heavy atom. The molecule has 4 nitrogen and oxygen atoms in total. The van der Waals surface area contributed by atoms with Gasteiger partial charge in [-0.25, -0.2) is 0 Å². The van der Waals surface area contributed by atoms with Gasteiger partial charge in [0.2, 0.25) is 0 Å². The normalized spacial score (nSPS) is 20.2. The summed E-state index contributed by atoms with van der Waals surface area (Å²) < 4.78 is 10.3. The van der Waals surface area contributed by atoms with E-state index >= 15 is 0 Å². The highest BCUT2D eigenvalue weighted by Crippen LogP contribution is 2.11. The largest absolute Gasteiger partial charge is 0.355 e. The van der Waals surface area contributed by atoms with Gasteiger partial charge in [-0.2, -0.15) is 0 Å². The summed E-state index contributed by atoms with van der Waals surface area (Å²) in [5.41, 5.74) is 0. The van der Waals surface area contributed by atoms with Crippen LogP contribution in [-0.2, 0) is 9.47 Å². The number of hydrogen-bond acceptors (Lipinski definition) is 4. The van der Waals surface area contributed by atoms with Crippen molar-refractivity contribution in [2.24, 2.45) is 0 Å². The molecule has 0 radical (unpaired) electrons. The summed E-state index contributed by atoms with van der Waals surface area (Å²) in [5, 5.41) is 3.39. The van der Waals surface area contributed by atoms with Crippen LogP contribution in [-0.4, -0.2) is 57.6 Å². The van der Waals surface area contributed by atoms with E-state index in [2.05, 4.69) is 17.1 Å². The third-order valence-corrected chi connectivity index (χ3v) is 3.29. The van der Waals surface area contributed by atoms with Gasteiger partial charge in [0, 0.05) is 33.4 Å².